The summed E-state index contributed by atoms with van der Waals surface area (Å²) in [6, 6.07) is 3.33. The molecule has 2 saturated heterocycles. The van der Waals surface area contributed by atoms with Gasteiger partial charge < -0.3 is 4.90 Å². The minimum atomic E-state index is -0.434. The van der Waals surface area contributed by atoms with Crippen LogP contribution in [0.2, 0.25) is 0 Å². The molecule has 1 amide bonds. The molecule has 1 aromatic carbocycles. The summed E-state index contributed by atoms with van der Waals surface area (Å²) in [4.78, 5) is 14.2. The number of likely N-dealkylation sites (tertiary alicyclic amines) is 1. The van der Waals surface area contributed by atoms with Crippen molar-refractivity contribution in [1.29, 1.82) is 0 Å². The first-order valence-corrected chi connectivity index (χ1v) is 7.37. The molecule has 2 heterocycles. The quantitative estimate of drug-likeness (QED) is 0.870. The molecule has 0 spiro atoms. The van der Waals surface area contributed by atoms with Crippen molar-refractivity contribution in [2.24, 2.45) is 0 Å². The van der Waals surface area contributed by atoms with E-state index in [9.17, 15) is 13.6 Å². The smallest absolute Gasteiger partial charge is 0.241 e. The maximum atomic E-state index is 13.9. The van der Waals surface area contributed by atoms with Crippen molar-refractivity contribution in [1.82, 2.24) is 15.8 Å². The third kappa shape index (κ3) is 3.06. The molecular weight excluding hydrogens is 276 g/mol. The third-order valence-electron chi connectivity index (χ3n) is 4.26. The van der Waals surface area contributed by atoms with Crippen molar-refractivity contribution in [3.63, 3.8) is 0 Å². The zero-order chi connectivity index (χ0) is 14.8. The molecule has 2 atom stereocenters. The SMILES string of the molecule is O=C(C1CCNN1)N1CCCC(c2cc(F)ccc2F)C1. The first-order chi connectivity index (χ1) is 10.1. The summed E-state index contributed by atoms with van der Waals surface area (Å²) in [5.74, 6) is -0.915. The van der Waals surface area contributed by atoms with Crippen molar-refractivity contribution in [3.05, 3.63) is 35.4 Å². The fourth-order valence-electron chi connectivity index (χ4n) is 3.15. The summed E-state index contributed by atoms with van der Waals surface area (Å²) in [5.41, 5.74) is 6.28. The highest BCUT2D eigenvalue weighted by Crippen LogP contribution is 2.29. The Morgan fingerprint density at radius 3 is 2.90 bits per heavy atom. The average molecular weight is 295 g/mol. The zero-order valence-corrected chi connectivity index (χ0v) is 11.7. The van der Waals surface area contributed by atoms with Gasteiger partial charge in [-0.1, -0.05) is 0 Å². The van der Waals surface area contributed by atoms with Crippen LogP contribution in [-0.2, 0) is 4.79 Å². The number of hydrogen-bond donors (Lipinski definition) is 2. The Morgan fingerprint density at radius 2 is 2.14 bits per heavy atom. The van der Waals surface area contributed by atoms with Gasteiger partial charge >= 0.3 is 0 Å². The number of carbonyl (C=O) groups excluding carboxylic acids is 1. The largest absolute Gasteiger partial charge is 0.341 e. The molecule has 2 unspecified atom stereocenters. The summed E-state index contributed by atoms with van der Waals surface area (Å²) in [5, 5.41) is 0. The second-order valence-corrected chi connectivity index (χ2v) is 5.70. The lowest BCUT2D eigenvalue weighted by atomic mass is 9.90. The molecule has 2 aliphatic heterocycles. The fraction of sp³-hybridized carbons (Fsp3) is 0.533. The molecule has 4 nitrogen and oxygen atoms in total. The molecule has 0 saturated carbocycles. The molecule has 21 heavy (non-hydrogen) atoms. The number of halogens is 2. The summed E-state index contributed by atoms with van der Waals surface area (Å²) >= 11 is 0. The van der Waals surface area contributed by atoms with Crippen LogP contribution in [0.5, 0.6) is 0 Å². The summed E-state index contributed by atoms with van der Waals surface area (Å²) in [6.07, 6.45) is 2.35. The number of rotatable bonds is 2. The molecule has 114 valence electrons. The van der Waals surface area contributed by atoms with Crippen LogP contribution in [0.25, 0.3) is 0 Å². The summed E-state index contributed by atoms with van der Waals surface area (Å²) in [7, 11) is 0. The monoisotopic (exact) mass is 295 g/mol. The molecule has 0 bridgehead atoms. The Labute approximate surface area is 122 Å². The van der Waals surface area contributed by atoms with E-state index in [1.165, 1.54) is 6.07 Å². The van der Waals surface area contributed by atoms with E-state index in [4.69, 9.17) is 0 Å². The molecule has 2 fully saturated rings. The number of piperidine rings is 1. The standard InChI is InChI=1S/C15H19F2N3O/c16-11-3-4-13(17)12(8-11)10-2-1-7-20(9-10)15(21)14-5-6-18-19-14/h3-4,8,10,14,18-19H,1-2,5-7,9H2. The maximum absolute atomic E-state index is 13.9. The predicted molar refractivity (Wildman–Crippen MR) is 74.5 cm³/mol. The van der Waals surface area contributed by atoms with Crippen LogP contribution in [0.3, 0.4) is 0 Å². The zero-order valence-electron chi connectivity index (χ0n) is 11.7. The van der Waals surface area contributed by atoms with Gasteiger partial charge in [0, 0.05) is 25.6 Å². The van der Waals surface area contributed by atoms with Crippen LogP contribution < -0.4 is 10.9 Å². The van der Waals surface area contributed by atoms with E-state index in [1.807, 2.05) is 0 Å². The van der Waals surface area contributed by atoms with Crippen LogP contribution in [0.15, 0.2) is 18.2 Å². The van der Waals surface area contributed by atoms with Gasteiger partial charge in [-0.15, -0.1) is 0 Å². The van der Waals surface area contributed by atoms with E-state index in [0.29, 0.717) is 18.7 Å². The van der Waals surface area contributed by atoms with Crippen molar-refractivity contribution in [2.45, 2.75) is 31.2 Å². The lowest BCUT2D eigenvalue weighted by molar-refractivity contribution is -0.134. The van der Waals surface area contributed by atoms with Gasteiger partial charge in [-0.3, -0.25) is 10.2 Å². The maximum Gasteiger partial charge on any atom is 0.241 e. The van der Waals surface area contributed by atoms with Crippen LogP contribution >= 0.6 is 0 Å². The fourth-order valence-corrected chi connectivity index (χ4v) is 3.15. The Bertz CT molecular complexity index is 532. The van der Waals surface area contributed by atoms with Gasteiger partial charge in [-0.05, 0) is 43.0 Å². The van der Waals surface area contributed by atoms with Crippen molar-refractivity contribution >= 4 is 5.91 Å². The Morgan fingerprint density at radius 1 is 1.29 bits per heavy atom. The van der Waals surface area contributed by atoms with E-state index < -0.39 is 11.6 Å². The molecule has 6 heteroatoms. The number of hydrazine groups is 1. The molecule has 1 aromatic rings. The predicted octanol–water partition coefficient (Wildman–Crippen LogP) is 1.54. The van der Waals surface area contributed by atoms with Gasteiger partial charge in [0.2, 0.25) is 5.91 Å². The summed E-state index contributed by atoms with van der Waals surface area (Å²) < 4.78 is 27.2. The highest BCUT2D eigenvalue weighted by molar-refractivity contribution is 5.82. The summed E-state index contributed by atoms with van der Waals surface area (Å²) in [6.45, 7) is 1.91. The van der Waals surface area contributed by atoms with Crippen molar-refractivity contribution in [2.75, 3.05) is 19.6 Å². The average Bonchev–Trinajstić information content (AvgIpc) is 3.03. The number of carbonyl (C=O) groups is 1. The van der Waals surface area contributed by atoms with Gasteiger partial charge in [0.05, 0.1) is 0 Å². The minimum Gasteiger partial charge on any atom is -0.341 e. The van der Waals surface area contributed by atoms with Crippen LogP contribution in [0.1, 0.15) is 30.7 Å². The number of nitrogens with one attached hydrogen (secondary N) is 2. The number of hydrogen-bond acceptors (Lipinski definition) is 3. The van der Waals surface area contributed by atoms with E-state index >= 15 is 0 Å². The second kappa shape index (κ2) is 6.07. The van der Waals surface area contributed by atoms with E-state index in [0.717, 1.165) is 37.9 Å². The van der Waals surface area contributed by atoms with Crippen LogP contribution in [0.4, 0.5) is 8.78 Å². The first kappa shape index (κ1) is 14.4. The molecule has 2 aliphatic rings. The Hall–Kier alpha value is -1.53. The number of nitrogens with zero attached hydrogens (tertiary/aromatic N) is 1. The van der Waals surface area contributed by atoms with Crippen molar-refractivity contribution in [3.8, 4) is 0 Å². The molecule has 3 rings (SSSR count). The Kier molecular flexibility index (Phi) is 4.17. The minimum absolute atomic E-state index is 0.0431. The normalized spacial score (nSPS) is 26.1. The van der Waals surface area contributed by atoms with Gasteiger partial charge in [0.1, 0.15) is 17.7 Å². The lowest BCUT2D eigenvalue weighted by Gasteiger charge is -2.34. The highest BCUT2D eigenvalue weighted by Gasteiger charge is 2.31. The van der Waals surface area contributed by atoms with Gasteiger partial charge in [0.15, 0.2) is 0 Å². The topological polar surface area (TPSA) is 44.4 Å². The highest BCUT2D eigenvalue weighted by atomic mass is 19.1. The van der Waals surface area contributed by atoms with Gasteiger partial charge in [-0.2, -0.15) is 0 Å². The number of benzene rings is 1. The van der Waals surface area contributed by atoms with Crippen LogP contribution in [0, 0.1) is 11.6 Å². The third-order valence-corrected chi connectivity index (χ3v) is 4.26. The van der Waals surface area contributed by atoms with E-state index in [2.05, 4.69) is 10.9 Å². The van der Waals surface area contributed by atoms with E-state index in [-0.39, 0.29) is 17.9 Å². The molecule has 0 aliphatic carbocycles. The molecule has 2 N–H and O–H groups in total. The molecule has 0 radical (unpaired) electrons. The van der Waals surface area contributed by atoms with Crippen molar-refractivity contribution < 1.29 is 13.6 Å². The van der Waals surface area contributed by atoms with E-state index in [1.54, 1.807) is 4.90 Å². The lowest BCUT2D eigenvalue weighted by Crippen LogP contribution is -2.48. The van der Waals surface area contributed by atoms with Crippen LogP contribution in [-0.4, -0.2) is 36.5 Å². The first-order valence-electron chi connectivity index (χ1n) is 7.37. The number of amides is 1. The Balaban J connectivity index is 1.73. The molecule has 0 aromatic heterocycles. The van der Waals surface area contributed by atoms with Gasteiger partial charge in [0.25, 0.3) is 0 Å². The second-order valence-electron chi connectivity index (χ2n) is 5.70. The van der Waals surface area contributed by atoms with Gasteiger partial charge in [-0.25, -0.2) is 14.2 Å². The molecular formula is C15H19F2N3O.